The molecule has 1 aromatic rings. The maximum atomic E-state index is 12.6. The van der Waals surface area contributed by atoms with E-state index in [0.717, 1.165) is 23.6 Å². The maximum Gasteiger partial charge on any atom is 0.416 e. The molecule has 1 aromatic carbocycles. The molecule has 2 N–H and O–H groups in total. The number of hydrogen-bond donors (Lipinski definition) is 1. The van der Waals surface area contributed by atoms with Gasteiger partial charge in [0.1, 0.15) is 0 Å². The second-order valence-corrected chi connectivity index (χ2v) is 6.05. The summed E-state index contributed by atoms with van der Waals surface area (Å²) in [4.78, 5) is -0.0625. The average Bonchev–Trinajstić information content (AvgIpc) is 2.57. The average molecular weight is 291 g/mol. The fraction of sp³-hybridized carbons (Fsp3) is 0.333. The SMILES string of the molecule is NCCCC1=CS(=O)(=O)c2ccc(C(F)(F)F)cc21. The molecule has 7 heteroatoms. The van der Waals surface area contributed by atoms with Gasteiger partial charge in [0.2, 0.25) is 9.84 Å². The molecular formula is C12H12F3NO2S. The van der Waals surface area contributed by atoms with Crippen molar-refractivity contribution in [2.24, 2.45) is 5.73 Å². The number of hydrogen-bond acceptors (Lipinski definition) is 3. The molecule has 0 radical (unpaired) electrons. The van der Waals surface area contributed by atoms with E-state index in [9.17, 15) is 21.6 Å². The van der Waals surface area contributed by atoms with Crippen molar-refractivity contribution >= 4 is 15.4 Å². The zero-order valence-corrected chi connectivity index (χ0v) is 10.7. The number of nitrogens with two attached hydrogens (primary N) is 1. The Hall–Kier alpha value is -1.34. The summed E-state index contributed by atoms with van der Waals surface area (Å²) in [5.74, 6) is 0. The number of sulfone groups is 1. The molecule has 0 bridgehead atoms. The van der Waals surface area contributed by atoms with Gasteiger partial charge in [-0.25, -0.2) is 8.42 Å². The molecule has 0 aliphatic carbocycles. The van der Waals surface area contributed by atoms with Crippen molar-refractivity contribution in [3.63, 3.8) is 0 Å². The fourth-order valence-corrected chi connectivity index (χ4v) is 3.51. The van der Waals surface area contributed by atoms with E-state index in [1.54, 1.807) is 0 Å². The molecule has 1 aliphatic heterocycles. The molecule has 3 nitrogen and oxygen atoms in total. The molecule has 0 fully saturated rings. The van der Waals surface area contributed by atoms with Crippen LogP contribution in [0.5, 0.6) is 0 Å². The van der Waals surface area contributed by atoms with Gasteiger partial charge < -0.3 is 5.73 Å². The first-order valence-corrected chi connectivity index (χ1v) is 7.17. The van der Waals surface area contributed by atoms with Gasteiger partial charge in [0.05, 0.1) is 10.5 Å². The maximum absolute atomic E-state index is 12.6. The summed E-state index contributed by atoms with van der Waals surface area (Å²) >= 11 is 0. The van der Waals surface area contributed by atoms with E-state index in [-0.39, 0.29) is 10.5 Å². The lowest BCUT2D eigenvalue weighted by molar-refractivity contribution is -0.137. The summed E-state index contributed by atoms with van der Waals surface area (Å²) in [6.07, 6.45) is -3.61. The van der Waals surface area contributed by atoms with Crippen molar-refractivity contribution in [3.05, 3.63) is 34.7 Å². The van der Waals surface area contributed by atoms with E-state index >= 15 is 0 Å². The smallest absolute Gasteiger partial charge is 0.330 e. The summed E-state index contributed by atoms with van der Waals surface area (Å²) in [5.41, 5.74) is 5.03. The minimum absolute atomic E-state index is 0.0625. The van der Waals surface area contributed by atoms with Crippen LogP contribution >= 0.6 is 0 Å². The Labute approximate surface area is 108 Å². The molecule has 1 aliphatic rings. The Morgan fingerprint density at radius 2 is 1.89 bits per heavy atom. The van der Waals surface area contributed by atoms with Gasteiger partial charge in [-0.1, -0.05) is 0 Å². The Bertz CT molecular complexity index is 633. The van der Waals surface area contributed by atoms with Crippen molar-refractivity contribution in [1.29, 1.82) is 0 Å². The van der Waals surface area contributed by atoms with Crippen molar-refractivity contribution in [2.45, 2.75) is 23.9 Å². The van der Waals surface area contributed by atoms with Gasteiger partial charge in [-0.3, -0.25) is 0 Å². The van der Waals surface area contributed by atoms with E-state index in [0.29, 0.717) is 25.0 Å². The highest BCUT2D eigenvalue weighted by molar-refractivity contribution is 7.95. The first-order chi connectivity index (χ1) is 8.75. The normalized spacial score (nSPS) is 17.2. The zero-order valence-electron chi connectivity index (χ0n) is 9.87. The topological polar surface area (TPSA) is 60.2 Å². The van der Waals surface area contributed by atoms with Crippen molar-refractivity contribution in [3.8, 4) is 0 Å². The van der Waals surface area contributed by atoms with Crippen LogP contribution in [0, 0.1) is 0 Å². The Morgan fingerprint density at radius 1 is 1.21 bits per heavy atom. The van der Waals surface area contributed by atoms with Gasteiger partial charge in [0.15, 0.2) is 0 Å². The molecule has 19 heavy (non-hydrogen) atoms. The molecule has 2 rings (SSSR count). The van der Waals surface area contributed by atoms with E-state index in [1.807, 2.05) is 0 Å². The van der Waals surface area contributed by atoms with Gasteiger partial charge in [-0.15, -0.1) is 0 Å². The third kappa shape index (κ3) is 2.66. The van der Waals surface area contributed by atoms with Crippen LogP contribution in [-0.2, 0) is 16.0 Å². The van der Waals surface area contributed by atoms with Crippen LogP contribution in [0.1, 0.15) is 24.0 Å². The molecule has 0 amide bonds. The molecule has 0 saturated heterocycles. The lowest BCUT2D eigenvalue weighted by Gasteiger charge is -2.10. The highest BCUT2D eigenvalue weighted by atomic mass is 32.2. The second kappa shape index (κ2) is 4.64. The molecule has 1 heterocycles. The number of rotatable bonds is 3. The first kappa shape index (κ1) is 14.1. The third-order valence-electron chi connectivity index (χ3n) is 2.91. The minimum Gasteiger partial charge on any atom is -0.330 e. The summed E-state index contributed by atoms with van der Waals surface area (Å²) in [6.45, 7) is 0.353. The number of fused-ring (bicyclic) bond motifs is 1. The van der Waals surface area contributed by atoms with Gasteiger partial charge in [-0.05, 0) is 48.7 Å². The summed E-state index contributed by atoms with van der Waals surface area (Å²) < 4.78 is 61.5. The highest BCUT2D eigenvalue weighted by Crippen LogP contribution is 2.39. The molecule has 0 atom stereocenters. The number of alkyl halides is 3. The monoisotopic (exact) mass is 291 g/mol. The minimum atomic E-state index is -4.49. The highest BCUT2D eigenvalue weighted by Gasteiger charge is 2.34. The second-order valence-electron chi connectivity index (χ2n) is 4.29. The predicted octanol–water partition coefficient (Wildman–Crippen LogP) is 2.57. The lowest BCUT2D eigenvalue weighted by Crippen LogP contribution is -2.06. The van der Waals surface area contributed by atoms with Crippen LogP contribution in [0.3, 0.4) is 0 Å². The summed E-state index contributed by atoms with van der Waals surface area (Å²) in [5, 5.41) is 1.04. The van der Waals surface area contributed by atoms with Crippen LogP contribution in [0.4, 0.5) is 13.2 Å². The van der Waals surface area contributed by atoms with Crippen molar-refractivity contribution < 1.29 is 21.6 Å². The van der Waals surface area contributed by atoms with Crippen LogP contribution < -0.4 is 5.73 Å². The van der Waals surface area contributed by atoms with E-state index < -0.39 is 21.6 Å². The van der Waals surface area contributed by atoms with Crippen LogP contribution in [0.2, 0.25) is 0 Å². The molecule has 104 valence electrons. The number of allylic oxidation sites excluding steroid dienone is 1. The van der Waals surface area contributed by atoms with Gasteiger partial charge in [-0.2, -0.15) is 13.2 Å². The number of benzene rings is 1. The first-order valence-electron chi connectivity index (χ1n) is 5.63. The van der Waals surface area contributed by atoms with Gasteiger partial charge in [0, 0.05) is 5.41 Å². The largest absolute Gasteiger partial charge is 0.416 e. The van der Waals surface area contributed by atoms with Crippen LogP contribution in [0.15, 0.2) is 28.5 Å². The zero-order chi connectivity index (χ0) is 14.3. The van der Waals surface area contributed by atoms with Gasteiger partial charge in [0.25, 0.3) is 0 Å². The molecule has 0 saturated carbocycles. The van der Waals surface area contributed by atoms with E-state index in [4.69, 9.17) is 5.73 Å². The molecule has 0 unspecified atom stereocenters. The van der Waals surface area contributed by atoms with Crippen LogP contribution in [0.25, 0.3) is 5.57 Å². The molecule has 0 aromatic heterocycles. The van der Waals surface area contributed by atoms with Crippen molar-refractivity contribution in [2.75, 3.05) is 6.54 Å². The lowest BCUT2D eigenvalue weighted by atomic mass is 10.0. The standard InChI is InChI=1S/C12H12F3NO2S/c13-12(14,15)9-3-4-11-10(6-9)8(2-1-5-16)7-19(11,17)18/h3-4,6-7H,1-2,5,16H2. The third-order valence-corrected chi connectivity index (χ3v) is 4.47. The number of halogens is 3. The summed E-state index contributed by atoms with van der Waals surface area (Å²) in [7, 11) is -3.62. The quantitative estimate of drug-likeness (QED) is 0.931. The molecule has 0 spiro atoms. The van der Waals surface area contributed by atoms with E-state index in [2.05, 4.69) is 0 Å². The van der Waals surface area contributed by atoms with E-state index in [1.165, 1.54) is 0 Å². The Morgan fingerprint density at radius 3 is 2.47 bits per heavy atom. The van der Waals surface area contributed by atoms with Crippen molar-refractivity contribution in [1.82, 2.24) is 0 Å². The summed E-state index contributed by atoms with van der Waals surface area (Å²) in [6, 6.07) is 2.69. The Kier molecular flexibility index (Phi) is 3.44. The van der Waals surface area contributed by atoms with Gasteiger partial charge >= 0.3 is 6.18 Å². The molecular weight excluding hydrogens is 279 g/mol. The predicted molar refractivity (Wildman–Crippen MR) is 64.9 cm³/mol. The fourth-order valence-electron chi connectivity index (χ4n) is 2.01. The Balaban J connectivity index is 2.51. The van der Waals surface area contributed by atoms with Crippen LogP contribution in [-0.4, -0.2) is 15.0 Å².